The van der Waals surface area contributed by atoms with Crippen LogP contribution in [0.15, 0.2) is 0 Å². The van der Waals surface area contributed by atoms with Crippen molar-refractivity contribution in [2.45, 2.75) is 26.7 Å². The lowest BCUT2D eigenvalue weighted by Gasteiger charge is -2.20. The SMILES string of the molecule is CCN(CCCO)C(=O)Cc1sc(=S)[nH]c1C. The van der Waals surface area contributed by atoms with Gasteiger partial charge in [0, 0.05) is 30.3 Å². The maximum Gasteiger partial charge on any atom is 0.227 e. The molecule has 1 rings (SSSR count). The first kappa shape index (κ1) is 14.3. The van der Waals surface area contributed by atoms with Crippen molar-refractivity contribution in [3.05, 3.63) is 14.5 Å². The van der Waals surface area contributed by atoms with Crippen molar-refractivity contribution in [1.82, 2.24) is 9.88 Å². The van der Waals surface area contributed by atoms with Crippen molar-refractivity contribution in [2.75, 3.05) is 19.7 Å². The summed E-state index contributed by atoms with van der Waals surface area (Å²) < 4.78 is 0.712. The fourth-order valence-electron chi connectivity index (χ4n) is 1.58. The molecule has 4 nitrogen and oxygen atoms in total. The van der Waals surface area contributed by atoms with Gasteiger partial charge in [-0.25, -0.2) is 0 Å². The van der Waals surface area contributed by atoms with Gasteiger partial charge in [-0.1, -0.05) is 0 Å². The van der Waals surface area contributed by atoms with Crippen LogP contribution in [0, 0.1) is 10.9 Å². The van der Waals surface area contributed by atoms with Crippen LogP contribution in [0.4, 0.5) is 0 Å². The number of nitrogens with zero attached hydrogens (tertiary/aromatic N) is 1. The number of carbonyl (C=O) groups excluding carboxylic acids is 1. The third kappa shape index (κ3) is 4.22. The molecular weight excluding hydrogens is 256 g/mol. The van der Waals surface area contributed by atoms with Crippen LogP contribution in [0.25, 0.3) is 0 Å². The lowest BCUT2D eigenvalue weighted by Crippen LogP contribution is -2.33. The monoisotopic (exact) mass is 274 g/mol. The quantitative estimate of drug-likeness (QED) is 0.779. The number of aryl methyl sites for hydroxylation is 1. The van der Waals surface area contributed by atoms with Crippen LogP contribution >= 0.6 is 23.6 Å². The number of thiazole rings is 1. The van der Waals surface area contributed by atoms with Gasteiger partial charge in [-0.2, -0.15) is 0 Å². The molecule has 0 aliphatic carbocycles. The molecule has 17 heavy (non-hydrogen) atoms. The van der Waals surface area contributed by atoms with Crippen LogP contribution in [0.5, 0.6) is 0 Å². The summed E-state index contributed by atoms with van der Waals surface area (Å²) in [5, 5.41) is 8.77. The number of hydrogen-bond acceptors (Lipinski definition) is 4. The van der Waals surface area contributed by atoms with Crippen LogP contribution in [-0.4, -0.2) is 40.6 Å². The molecule has 1 heterocycles. The molecule has 1 aromatic rings. The van der Waals surface area contributed by atoms with E-state index in [1.165, 1.54) is 11.3 Å². The van der Waals surface area contributed by atoms with E-state index in [4.69, 9.17) is 17.3 Å². The van der Waals surface area contributed by atoms with Crippen molar-refractivity contribution in [3.8, 4) is 0 Å². The second kappa shape index (κ2) is 6.88. The van der Waals surface area contributed by atoms with Gasteiger partial charge in [-0.3, -0.25) is 4.79 Å². The maximum absolute atomic E-state index is 12.0. The summed E-state index contributed by atoms with van der Waals surface area (Å²) in [7, 11) is 0. The Morgan fingerprint density at radius 2 is 2.29 bits per heavy atom. The van der Waals surface area contributed by atoms with E-state index in [9.17, 15) is 4.79 Å². The van der Waals surface area contributed by atoms with Crippen LogP contribution in [0.3, 0.4) is 0 Å². The van der Waals surface area contributed by atoms with Gasteiger partial charge in [0.1, 0.15) is 0 Å². The van der Waals surface area contributed by atoms with E-state index in [-0.39, 0.29) is 12.5 Å². The van der Waals surface area contributed by atoms with Gasteiger partial charge in [0.2, 0.25) is 5.91 Å². The summed E-state index contributed by atoms with van der Waals surface area (Å²) in [6.07, 6.45) is 1.02. The zero-order chi connectivity index (χ0) is 12.8. The van der Waals surface area contributed by atoms with E-state index in [1.807, 2.05) is 13.8 Å². The molecule has 0 bridgehead atoms. The van der Waals surface area contributed by atoms with Gasteiger partial charge in [0.25, 0.3) is 0 Å². The summed E-state index contributed by atoms with van der Waals surface area (Å²) >= 11 is 6.50. The maximum atomic E-state index is 12.0. The Hall–Kier alpha value is -0.720. The van der Waals surface area contributed by atoms with Gasteiger partial charge >= 0.3 is 0 Å². The third-order valence-corrected chi connectivity index (χ3v) is 3.89. The van der Waals surface area contributed by atoms with Crippen molar-refractivity contribution < 1.29 is 9.90 Å². The summed E-state index contributed by atoms with van der Waals surface area (Å²) in [4.78, 5) is 17.8. The van der Waals surface area contributed by atoms with Crippen LogP contribution in [0.1, 0.15) is 23.9 Å². The van der Waals surface area contributed by atoms with E-state index >= 15 is 0 Å². The second-order valence-corrected chi connectivity index (χ2v) is 5.56. The molecule has 96 valence electrons. The van der Waals surface area contributed by atoms with Crippen molar-refractivity contribution in [3.63, 3.8) is 0 Å². The lowest BCUT2D eigenvalue weighted by atomic mass is 10.2. The highest BCUT2D eigenvalue weighted by Gasteiger charge is 2.14. The van der Waals surface area contributed by atoms with E-state index < -0.39 is 0 Å². The van der Waals surface area contributed by atoms with Crippen LogP contribution in [-0.2, 0) is 11.2 Å². The zero-order valence-electron chi connectivity index (χ0n) is 10.2. The Morgan fingerprint density at radius 1 is 1.59 bits per heavy atom. The number of aliphatic hydroxyl groups is 1. The molecule has 0 fully saturated rings. The number of amides is 1. The molecule has 0 aromatic carbocycles. The molecule has 0 spiro atoms. The minimum atomic E-state index is 0.0919. The highest BCUT2D eigenvalue weighted by atomic mass is 32.1. The fourth-order valence-corrected chi connectivity index (χ4v) is 2.86. The molecule has 0 aliphatic heterocycles. The topological polar surface area (TPSA) is 56.3 Å². The van der Waals surface area contributed by atoms with Crippen molar-refractivity contribution >= 4 is 29.5 Å². The Balaban J connectivity index is 2.63. The average Bonchev–Trinajstić information content (AvgIpc) is 2.58. The van der Waals surface area contributed by atoms with E-state index in [2.05, 4.69) is 4.98 Å². The normalized spacial score (nSPS) is 10.5. The smallest absolute Gasteiger partial charge is 0.227 e. The molecule has 0 aliphatic rings. The van der Waals surface area contributed by atoms with Crippen LogP contribution in [0.2, 0.25) is 0 Å². The first-order valence-electron chi connectivity index (χ1n) is 5.65. The van der Waals surface area contributed by atoms with Crippen molar-refractivity contribution in [2.24, 2.45) is 0 Å². The molecule has 1 aromatic heterocycles. The number of H-pyrrole nitrogens is 1. The van der Waals surface area contributed by atoms with E-state index in [1.54, 1.807) is 4.90 Å². The van der Waals surface area contributed by atoms with Crippen molar-refractivity contribution in [1.29, 1.82) is 0 Å². The van der Waals surface area contributed by atoms with E-state index in [0.717, 1.165) is 10.6 Å². The van der Waals surface area contributed by atoms with E-state index in [0.29, 0.717) is 29.9 Å². The molecule has 0 radical (unpaired) electrons. The summed E-state index contributed by atoms with van der Waals surface area (Å²) in [5.41, 5.74) is 0.978. The van der Waals surface area contributed by atoms with Gasteiger partial charge in [-0.15, -0.1) is 11.3 Å². The number of hydrogen-bond donors (Lipinski definition) is 2. The van der Waals surface area contributed by atoms with Gasteiger partial charge in [0.15, 0.2) is 3.95 Å². The minimum absolute atomic E-state index is 0.0919. The molecule has 0 atom stereocenters. The largest absolute Gasteiger partial charge is 0.396 e. The molecule has 0 saturated carbocycles. The number of nitrogens with one attached hydrogen (secondary N) is 1. The van der Waals surface area contributed by atoms with Gasteiger partial charge < -0.3 is 15.0 Å². The highest BCUT2D eigenvalue weighted by Crippen LogP contribution is 2.16. The predicted molar refractivity (Wildman–Crippen MR) is 71.9 cm³/mol. The minimum Gasteiger partial charge on any atom is -0.396 e. The number of carbonyl (C=O) groups is 1. The summed E-state index contributed by atoms with van der Waals surface area (Å²) in [6, 6.07) is 0. The number of likely N-dealkylation sites (N-methyl/N-ethyl adjacent to an activating group) is 1. The predicted octanol–water partition coefficient (Wildman–Crippen LogP) is 1.89. The van der Waals surface area contributed by atoms with Gasteiger partial charge in [-0.05, 0) is 32.5 Å². The number of aromatic amines is 1. The number of aromatic nitrogens is 1. The van der Waals surface area contributed by atoms with Crippen LogP contribution < -0.4 is 0 Å². The standard InChI is InChI=1S/C11H18N2O2S2/c1-3-13(5-4-6-14)10(15)7-9-8(2)12-11(16)17-9/h14H,3-7H2,1-2H3,(H,12,16). The number of rotatable bonds is 6. The molecular formula is C11H18N2O2S2. The zero-order valence-corrected chi connectivity index (χ0v) is 11.8. The Kier molecular flexibility index (Phi) is 5.80. The lowest BCUT2D eigenvalue weighted by molar-refractivity contribution is -0.130. The fraction of sp³-hybridized carbons (Fsp3) is 0.636. The Labute approximate surface area is 110 Å². The molecule has 0 unspecified atom stereocenters. The molecule has 6 heteroatoms. The highest BCUT2D eigenvalue weighted by molar-refractivity contribution is 7.73. The first-order chi connectivity index (χ1) is 8.08. The summed E-state index contributed by atoms with van der Waals surface area (Å²) in [6.45, 7) is 5.28. The molecule has 2 N–H and O–H groups in total. The number of aliphatic hydroxyl groups excluding tert-OH is 1. The third-order valence-electron chi connectivity index (χ3n) is 2.56. The molecule has 0 saturated heterocycles. The molecule has 1 amide bonds. The van der Waals surface area contributed by atoms with Gasteiger partial charge in [0.05, 0.1) is 6.42 Å². The average molecular weight is 274 g/mol. The first-order valence-corrected chi connectivity index (χ1v) is 6.88. The summed E-state index contributed by atoms with van der Waals surface area (Å²) in [5.74, 6) is 0.0919. The Bertz CT molecular complexity index is 425. The second-order valence-electron chi connectivity index (χ2n) is 3.79. The Morgan fingerprint density at radius 3 is 2.76 bits per heavy atom.